The van der Waals surface area contributed by atoms with Gasteiger partial charge in [-0.15, -0.1) is 0 Å². The molecule has 3 rings (SSSR count). The lowest BCUT2D eigenvalue weighted by Crippen LogP contribution is -2.13. The van der Waals surface area contributed by atoms with Crippen LogP contribution in [0, 0.1) is 0 Å². The van der Waals surface area contributed by atoms with Gasteiger partial charge in [-0.3, -0.25) is 4.98 Å². The van der Waals surface area contributed by atoms with Gasteiger partial charge < -0.3 is 0 Å². The first-order valence-electron chi connectivity index (χ1n) is 6.35. The van der Waals surface area contributed by atoms with Gasteiger partial charge >= 0.3 is 0 Å². The molecule has 0 radical (unpaired) electrons. The summed E-state index contributed by atoms with van der Waals surface area (Å²) in [6, 6.07) is 13.2. The summed E-state index contributed by atoms with van der Waals surface area (Å²) in [5.41, 5.74) is 4.44. The fraction of sp³-hybridized carbons (Fsp3) is 0.312. The molecule has 86 valence electrons. The third kappa shape index (κ3) is 1.86. The summed E-state index contributed by atoms with van der Waals surface area (Å²) >= 11 is 0. The zero-order valence-corrected chi connectivity index (χ0v) is 10.1. The number of hydrogen-bond acceptors (Lipinski definition) is 1. The fourth-order valence-corrected chi connectivity index (χ4v) is 2.95. The average molecular weight is 223 g/mol. The molecule has 17 heavy (non-hydrogen) atoms. The van der Waals surface area contributed by atoms with E-state index in [-0.39, 0.29) is 0 Å². The smallest absolute Gasteiger partial charge is 0.0270 e. The van der Waals surface area contributed by atoms with Crippen molar-refractivity contribution in [2.24, 2.45) is 0 Å². The van der Waals surface area contributed by atoms with Gasteiger partial charge in [-0.1, -0.05) is 31.2 Å². The lowest BCUT2D eigenvalue weighted by molar-refractivity contribution is 0.545. The molecule has 1 heterocycles. The summed E-state index contributed by atoms with van der Waals surface area (Å²) in [6.07, 6.45) is 6.33. The molecule has 0 saturated heterocycles. The summed E-state index contributed by atoms with van der Waals surface area (Å²) < 4.78 is 0. The Labute approximate surface area is 103 Å². The van der Waals surface area contributed by atoms with E-state index in [1.54, 1.807) is 0 Å². The van der Waals surface area contributed by atoms with Crippen molar-refractivity contribution >= 4 is 0 Å². The zero-order chi connectivity index (χ0) is 11.7. The Morgan fingerprint density at radius 3 is 2.41 bits per heavy atom. The summed E-state index contributed by atoms with van der Waals surface area (Å²) in [7, 11) is 0. The summed E-state index contributed by atoms with van der Waals surface area (Å²) in [4.78, 5) is 4.11. The molecule has 1 heteroatoms. The second-order valence-corrected chi connectivity index (χ2v) is 4.94. The molecule has 2 unspecified atom stereocenters. The van der Waals surface area contributed by atoms with Gasteiger partial charge in [0.15, 0.2) is 0 Å². The first-order valence-corrected chi connectivity index (χ1v) is 6.35. The van der Waals surface area contributed by atoms with Gasteiger partial charge in [0.1, 0.15) is 0 Å². The number of hydrogen-bond donors (Lipinski definition) is 0. The van der Waals surface area contributed by atoms with Gasteiger partial charge in [0.2, 0.25) is 0 Å². The lowest BCUT2D eigenvalue weighted by atomic mass is 9.75. The highest BCUT2D eigenvalue weighted by Gasteiger charge is 2.25. The number of nitrogens with zero attached hydrogens (tertiary/aromatic N) is 1. The Hall–Kier alpha value is -1.63. The van der Waals surface area contributed by atoms with E-state index in [9.17, 15) is 0 Å². The Bertz CT molecular complexity index is 504. The maximum Gasteiger partial charge on any atom is 0.0270 e. The summed E-state index contributed by atoms with van der Waals surface area (Å²) in [5.74, 6) is 1.26. The van der Waals surface area contributed by atoms with Crippen LogP contribution >= 0.6 is 0 Å². The molecule has 1 aliphatic rings. The van der Waals surface area contributed by atoms with Gasteiger partial charge in [0.25, 0.3) is 0 Å². The van der Waals surface area contributed by atoms with Crippen molar-refractivity contribution in [1.82, 2.24) is 4.98 Å². The van der Waals surface area contributed by atoms with Crippen molar-refractivity contribution in [1.29, 1.82) is 0 Å². The van der Waals surface area contributed by atoms with E-state index >= 15 is 0 Å². The maximum atomic E-state index is 4.11. The number of fused-ring (bicyclic) bond motifs is 1. The standard InChI is InChI=1S/C16H17N/c1-12-6-7-15(13-8-10-17-11-9-13)16-5-3-2-4-14(12)16/h2-5,8-12,15H,6-7H2,1H3. The van der Waals surface area contributed by atoms with Crippen molar-refractivity contribution in [2.45, 2.75) is 31.6 Å². The highest BCUT2D eigenvalue weighted by Crippen LogP contribution is 2.41. The van der Waals surface area contributed by atoms with E-state index in [0.717, 1.165) is 0 Å². The molecule has 0 saturated carbocycles. The van der Waals surface area contributed by atoms with Crippen LogP contribution in [0.2, 0.25) is 0 Å². The molecule has 1 aromatic carbocycles. The number of rotatable bonds is 1. The number of aromatic nitrogens is 1. The van der Waals surface area contributed by atoms with Crippen LogP contribution in [0.15, 0.2) is 48.8 Å². The van der Waals surface area contributed by atoms with Crippen molar-refractivity contribution in [2.75, 3.05) is 0 Å². The average Bonchev–Trinajstić information content (AvgIpc) is 2.41. The Kier molecular flexibility index (Phi) is 2.68. The Balaban J connectivity index is 2.07. The molecule has 1 aliphatic carbocycles. The third-order valence-electron chi connectivity index (χ3n) is 3.90. The quantitative estimate of drug-likeness (QED) is 0.709. The van der Waals surface area contributed by atoms with E-state index in [1.807, 2.05) is 12.4 Å². The van der Waals surface area contributed by atoms with E-state index in [2.05, 4.69) is 48.3 Å². The first-order chi connectivity index (χ1) is 8.36. The van der Waals surface area contributed by atoms with Gasteiger partial charge in [-0.25, -0.2) is 0 Å². The second-order valence-electron chi connectivity index (χ2n) is 4.94. The molecule has 2 atom stereocenters. The predicted molar refractivity (Wildman–Crippen MR) is 70.2 cm³/mol. The van der Waals surface area contributed by atoms with E-state index in [0.29, 0.717) is 11.8 Å². The molecule has 0 amide bonds. The zero-order valence-electron chi connectivity index (χ0n) is 10.1. The highest BCUT2D eigenvalue weighted by atomic mass is 14.6. The van der Waals surface area contributed by atoms with Gasteiger partial charge in [-0.2, -0.15) is 0 Å². The van der Waals surface area contributed by atoms with Crippen LogP contribution in [0.1, 0.15) is 48.3 Å². The lowest BCUT2D eigenvalue weighted by Gasteiger charge is -2.30. The minimum Gasteiger partial charge on any atom is -0.265 e. The van der Waals surface area contributed by atoms with E-state index in [4.69, 9.17) is 0 Å². The summed E-state index contributed by atoms with van der Waals surface area (Å²) in [6.45, 7) is 2.33. The highest BCUT2D eigenvalue weighted by molar-refractivity contribution is 5.41. The van der Waals surface area contributed by atoms with Crippen LogP contribution in [0.5, 0.6) is 0 Å². The first kappa shape index (κ1) is 10.5. The van der Waals surface area contributed by atoms with Crippen LogP contribution in [-0.4, -0.2) is 4.98 Å². The van der Waals surface area contributed by atoms with Crippen molar-refractivity contribution in [3.05, 3.63) is 65.5 Å². The molecule has 1 aromatic heterocycles. The molecule has 1 nitrogen and oxygen atoms in total. The fourth-order valence-electron chi connectivity index (χ4n) is 2.95. The minimum absolute atomic E-state index is 0.561. The van der Waals surface area contributed by atoms with E-state index in [1.165, 1.54) is 29.5 Å². The van der Waals surface area contributed by atoms with Crippen LogP contribution in [0.25, 0.3) is 0 Å². The molecule has 0 N–H and O–H groups in total. The van der Waals surface area contributed by atoms with Crippen molar-refractivity contribution in [3.63, 3.8) is 0 Å². The van der Waals surface area contributed by atoms with Gasteiger partial charge in [-0.05, 0) is 47.6 Å². The maximum absolute atomic E-state index is 4.11. The second kappa shape index (κ2) is 4.33. The molecule has 0 spiro atoms. The van der Waals surface area contributed by atoms with Gasteiger partial charge in [0.05, 0.1) is 0 Å². The molecule has 0 aliphatic heterocycles. The minimum atomic E-state index is 0.561. The summed E-state index contributed by atoms with van der Waals surface area (Å²) in [5, 5.41) is 0. The molecular weight excluding hydrogens is 206 g/mol. The van der Waals surface area contributed by atoms with Crippen molar-refractivity contribution in [3.8, 4) is 0 Å². The molecule has 0 fully saturated rings. The number of benzene rings is 1. The number of pyridine rings is 1. The van der Waals surface area contributed by atoms with Crippen molar-refractivity contribution < 1.29 is 0 Å². The molecular formula is C16H17N. The van der Waals surface area contributed by atoms with E-state index < -0.39 is 0 Å². The molecule has 0 bridgehead atoms. The normalized spacial score (nSPS) is 23.1. The SMILES string of the molecule is CC1CCC(c2ccncc2)c2ccccc21. The Morgan fingerprint density at radius 2 is 1.65 bits per heavy atom. The topological polar surface area (TPSA) is 12.9 Å². The monoisotopic (exact) mass is 223 g/mol. The molecule has 2 aromatic rings. The van der Waals surface area contributed by atoms with Crippen LogP contribution in [0.4, 0.5) is 0 Å². The van der Waals surface area contributed by atoms with Gasteiger partial charge in [0, 0.05) is 18.3 Å². The Morgan fingerprint density at radius 1 is 0.941 bits per heavy atom. The predicted octanol–water partition coefficient (Wildman–Crippen LogP) is 4.11. The van der Waals surface area contributed by atoms with Crippen LogP contribution in [-0.2, 0) is 0 Å². The van der Waals surface area contributed by atoms with Crippen LogP contribution in [0.3, 0.4) is 0 Å². The third-order valence-corrected chi connectivity index (χ3v) is 3.90. The largest absolute Gasteiger partial charge is 0.265 e. The van der Waals surface area contributed by atoms with Crippen LogP contribution < -0.4 is 0 Å².